The molecule has 1 aliphatic carbocycles. The molecule has 0 aromatic carbocycles. The van der Waals surface area contributed by atoms with Crippen molar-refractivity contribution in [2.45, 2.75) is 57.8 Å². The Balaban J connectivity index is 1.18. The van der Waals surface area contributed by atoms with Gasteiger partial charge in [-0.15, -0.1) is 11.3 Å². The molecule has 2 aliphatic rings. The van der Waals surface area contributed by atoms with E-state index in [1.165, 1.54) is 5.01 Å². The lowest BCUT2D eigenvalue weighted by atomic mass is 9.78. The largest absolute Gasteiger partial charge is 0.381 e. The fourth-order valence-corrected chi connectivity index (χ4v) is 6.09. The lowest BCUT2D eigenvalue weighted by Crippen LogP contribution is -2.25. The average molecular weight is 477 g/mol. The van der Waals surface area contributed by atoms with E-state index < -0.39 is 0 Å². The summed E-state index contributed by atoms with van der Waals surface area (Å²) in [5.41, 5.74) is 2.07. The molecule has 0 spiro atoms. The van der Waals surface area contributed by atoms with Gasteiger partial charge in [-0.05, 0) is 81.2 Å². The second-order valence-electron chi connectivity index (χ2n) is 9.59. The highest BCUT2D eigenvalue weighted by molar-refractivity contribution is 7.15. The van der Waals surface area contributed by atoms with E-state index in [1.54, 1.807) is 17.5 Å². The van der Waals surface area contributed by atoms with E-state index in [0.717, 1.165) is 85.9 Å². The number of pyridine rings is 2. The first-order valence-corrected chi connectivity index (χ1v) is 13.2. The number of hydrogen-bond acceptors (Lipinski definition) is 7. The molecule has 0 radical (unpaired) electrons. The second-order valence-corrected chi connectivity index (χ2v) is 10.7. The molecule has 7 heteroatoms. The molecule has 3 aromatic heterocycles. The molecule has 0 bridgehead atoms. The van der Waals surface area contributed by atoms with Crippen LogP contribution in [0.5, 0.6) is 0 Å². The standard InChI is InChI=1S/C27H32N4O2S/c1-18-9-12-28-26(15-18)31-25-4-2-3-22(30-25)24-17-29-27(34-24)21-7-5-20(6-8-21)23(32)16-19-10-13-33-14-11-19/h2-4,9,12,15,17,19-21H,5-8,10-11,13-14,16H2,1H3,(H,28,30,31). The van der Waals surface area contributed by atoms with Gasteiger partial charge in [0.2, 0.25) is 0 Å². The molecule has 4 heterocycles. The molecule has 0 atom stereocenters. The fourth-order valence-electron chi connectivity index (χ4n) is 5.04. The third-order valence-electron chi connectivity index (χ3n) is 7.06. The van der Waals surface area contributed by atoms with E-state index >= 15 is 0 Å². The maximum Gasteiger partial charge on any atom is 0.136 e. The van der Waals surface area contributed by atoms with Crippen LogP contribution in [0.4, 0.5) is 11.6 Å². The van der Waals surface area contributed by atoms with Gasteiger partial charge in [0, 0.05) is 43.9 Å². The van der Waals surface area contributed by atoms with Gasteiger partial charge in [-0.3, -0.25) is 4.79 Å². The van der Waals surface area contributed by atoms with Gasteiger partial charge in [0.15, 0.2) is 0 Å². The first-order valence-electron chi connectivity index (χ1n) is 12.4. The zero-order valence-corrected chi connectivity index (χ0v) is 20.5. The summed E-state index contributed by atoms with van der Waals surface area (Å²) in [6.07, 6.45) is 10.6. The first-order chi connectivity index (χ1) is 16.6. The second kappa shape index (κ2) is 10.7. The van der Waals surface area contributed by atoms with Gasteiger partial charge >= 0.3 is 0 Å². The Kier molecular flexibility index (Phi) is 7.30. The zero-order valence-electron chi connectivity index (χ0n) is 19.7. The number of hydrogen-bond donors (Lipinski definition) is 1. The summed E-state index contributed by atoms with van der Waals surface area (Å²) >= 11 is 1.73. The third kappa shape index (κ3) is 5.70. The number of nitrogens with zero attached hydrogens (tertiary/aromatic N) is 3. The normalized spacial score (nSPS) is 21.3. The summed E-state index contributed by atoms with van der Waals surface area (Å²) < 4.78 is 5.43. The minimum Gasteiger partial charge on any atom is -0.381 e. The van der Waals surface area contributed by atoms with Crippen LogP contribution in [-0.2, 0) is 9.53 Å². The Bertz CT molecular complexity index is 1120. The molecular weight excluding hydrogens is 444 g/mol. The summed E-state index contributed by atoms with van der Waals surface area (Å²) in [6.45, 7) is 3.67. The van der Waals surface area contributed by atoms with Gasteiger partial charge in [0.25, 0.3) is 0 Å². The number of aryl methyl sites for hydroxylation is 1. The number of Topliss-reactive ketones (excluding diaryl/α,β-unsaturated/α-hetero) is 1. The van der Waals surface area contributed by atoms with E-state index in [0.29, 0.717) is 17.6 Å². The SMILES string of the molecule is Cc1ccnc(Nc2cccc(-c3cnc(C4CCC(C(=O)CC5CCOCC5)CC4)s3)n2)c1. The van der Waals surface area contributed by atoms with Crippen molar-refractivity contribution in [3.63, 3.8) is 0 Å². The highest BCUT2D eigenvalue weighted by atomic mass is 32.1. The van der Waals surface area contributed by atoms with Gasteiger partial charge in [0.05, 0.1) is 15.6 Å². The number of ketones is 1. The Morgan fingerprint density at radius 2 is 1.88 bits per heavy atom. The molecule has 3 aromatic rings. The molecule has 2 fully saturated rings. The predicted octanol–water partition coefficient (Wildman–Crippen LogP) is 6.31. The molecule has 1 N–H and O–H groups in total. The molecule has 178 valence electrons. The molecule has 1 saturated carbocycles. The molecule has 0 unspecified atom stereocenters. The summed E-state index contributed by atoms with van der Waals surface area (Å²) in [6, 6.07) is 9.97. The van der Waals surface area contributed by atoms with Crippen molar-refractivity contribution in [2.24, 2.45) is 11.8 Å². The lowest BCUT2D eigenvalue weighted by Gasteiger charge is -2.28. The summed E-state index contributed by atoms with van der Waals surface area (Å²) in [7, 11) is 0. The number of carbonyl (C=O) groups excluding carboxylic acids is 1. The molecule has 1 aliphatic heterocycles. The molecule has 5 rings (SSSR count). The lowest BCUT2D eigenvalue weighted by molar-refractivity contribution is -0.125. The smallest absolute Gasteiger partial charge is 0.136 e. The zero-order chi connectivity index (χ0) is 23.3. The fraction of sp³-hybridized carbons (Fsp3) is 0.481. The number of anilines is 2. The Morgan fingerprint density at radius 1 is 1.06 bits per heavy atom. The number of rotatable bonds is 7. The summed E-state index contributed by atoms with van der Waals surface area (Å²) in [5.74, 6) is 3.25. The summed E-state index contributed by atoms with van der Waals surface area (Å²) in [4.78, 5) is 27.8. The topological polar surface area (TPSA) is 77.0 Å². The van der Waals surface area contributed by atoms with Crippen LogP contribution >= 0.6 is 11.3 Å². The van der Waals surface area contributed by atoms with Crippen LogP contribution in [0, 0.1) is 18.8 Å². The first kappa shape index (κ1) is 23.1. The number of carbonyl (C=O) groups is 1. The molecule has 6 nitrogen and oxygen atoms in total. The molecule has 34 heavy (non-hydrogen) atoms. The maximum atomic E-state index is 12.8. The van der Waals surface area contributed by atoms with Crippen LogP contribution in [0.1, 0.15) is 61.4 Å². The van der Waals surface area contributed by atoms with Crippen LogP contribution in [-0.4, -0.2) is 33.9 Å². The Morgan fingerprint density at radius 3 is 2.68 bits per heavy atom. The number of ether oxygens (including phenoxy) is 1. The van der Waals surface area contributed by atoms with Gasteiger partial charge in [-0.25, -0.2) is 15.0 Å². The van der Waals surface area contributed by atoms with E-state index in [4.69, 9.17) is 14.7 Å². The van der Waals surface area contributed by atoms with Crippen molar-refractivity contribution in [3.8, 4) is 10.6 Å². The monoisotopic (exact) mass is 476 g/mol. The van der Waals surface area contributed by atoms with Gasteiger partial charge < -0.3 is 10.1 Å². The quantitative estimate of drug-likeness (QED) is 0.430. The van der Waals surface area contributed by atoms with E-state index in [1.807, 2.05) is 43.5 Å². The predicted molar refractivity (Wildman–Crippen MR) is 135 cm³/mol. The van der Waals surface area contributed by atoms with Crippen molar-refractivity contribution in [1.29, 1.82) is 0 Å². The van der Waals surface area contributed by atoms with Crippen LogP contribution in [0.2, 0.25) is 0 Å². The van der Waals surface area contributed by atoms with Crippen LogP contribution in [0.3, 0.4) is 0 Å². The number of aromatic nitrogens is 3. The van der Waals surface area contributed by atoms with E-state index in [9.17, 15) is 4.79 Å². The molecule has 0 amide bonds. The summed E-state index contributed by atoms with van der Waals surface area (Å²) in [5, 5.41) is 4.46. The van der Waals surface area contributed by atoms with Gasteiger partial charge in [-0.2, -0.15) is 0 Å². The Labute approximate surface area is 205 Å². The highest BCUT2D eigenvalue weighted by Crippen LogP contribution is 2.40. The minimum absolute atomic E-state index is 0.234. The Hall–Kier alpha value is -2.64. The van der Waals surface area contributed by atoms with Crippen LogP contribution < -0.4 is 5.32 Å². The van der Waals surface area contributed by atoms with Crippen molar-refractivity contribution in [1.82, 2.24) is 15.0 Å². The van der Waals surface area contributed by atoms with E-state index in [2.05, 4.69) is 10.3 Å². The van der Waals surface area contributed by atoms with Crippen molar-refractivity contribution >= 4 is 28.8 Å². The highest BCUT2D eigenvalue weighted by Gasteiger charge is 2.30. The van der Waals surface area contributed by atoms with Gasteiger partial charge in [-0.1, -0.05) is 6.07 Å². The van der Waals surface area contributed by atoms with Crippen molar-refractivity contribution in [2.75, 3.05) is 18.5 Å². The van der Waals surface area contributed by atoms with E-state index in [-0.39, 0.29) is 5.92 Å². The maximum absolute atomic E-state index is 12.8. The molecular formula is C27H32N4O2S. The number of thiazole rings is 1. The molecule has 1 saturated heterocycles. The van der Waals surface area contributed by atoms with Crippen LogP contribution in [0.25, 0.3) is 10.6 Å². The minimum atomic E-state index is 0.234. The van der Waals surface area contributed by atoms with Gasteiger partial charge in [0.1, 0.15) is 17.4 Å². The van der Waals surface area contributed by atoms with Crippen LogP contribution in [0.15, 0.2) is 42.7 Å². The van der Waals surface area contributed by atoms with Crippen molar-refractivity contribution in [3.05, 3.63) is 53.3 Å². The third-order valence-corrected chi connectivity index (χ3v) is 8.24. The average Bonchev–Trinajstić information content (AvgIpc) is 3.36. The van der Waals surface area contributed by atoms with Crippen molar-refractivity contribution < 1.29 is 9.53 Å². The number of nitrogens with one attached hydrogen (secondary N) is 1.